The number of hydrogen-bond acceptors (Lipinski definition) is 3. The third-order valence-electron chi connectivity index (χ3n) is 2.91. The summed E-state index contributed by atoms with van der Waals surface area (Å²) in [7, 11) is 0. The molecular formula is C15H11FN2OS. The molecule has 0 aliphatic carbocycles. The number of anilines is 2. The third-order valence-corrected chi connectivity index (χ3v) is 4.02. The van der Waals surface area contributed by atoms with Crippen LogP contribution in [0.3, 0.4) is 0 Å². The van der Waals surface area contributed by atoms with Gasteiger partial charge in [-0.25, -0.2) is 4.39 Å². The number of nitrogens with two attached hydrogens (primary N) is 1. The number of rotatable bonds is 2. The highest BCUT2D eigenvalue weighted by atomic mass is 32.1. The number of amides is 1. The number of thiophene rings is 1. The summed E-state index contributed by atoms with van der Waals surface area (Å²) >= 11 is 1.40. The fourth-order valence-electron chi connectivity index (χ4n) is 1.89. The summed E-state index contributed by atoms with van der Waals surface area (Å²) in [4.78, 5) is 12.7. The fraction of sp³-hybridized carbons (Fsp3) is 0. The van der Waals surface area contributed by atoms with Gasteiger partial charge in [-0.1, -0.05) is 18.2 Å². The molecule has 1 aromatic heterocycles. The number of carbonyl (C=O) groups is 1. The monoisotopic (exact) mass is 286 g/mol. The van der Waals surface area contributed by atoms with Crippen LogP contribution in [-0.4, -0.2) is 5.91 Å². The maximum Gasteiger partial charge on any atom is 0.265 e. The lowest BCUT2D eigenvalue weighted by molar-refractivity contribution is 0.103. The van der Waals surface area contributed by atoms with E-state index in [0.29, 0.717) is 10.6 Å². The van der Waals surface area contributed by atoms with Crippen LogP contribution < -0.4 is 11.1 Å². The SMILES string of the molecule is Nc1ccc(NC(=O)c2cc3ccccc3s2)cc1F. The summed E-state index contributed by atoms with van der Waals surface area (Å²) in [6.07, 6.45) is 0. The minimum absolute atomic E-state index is 0.0601. The number of hydrogen-bond donors (Lipinski definition) is 2. The Morgan fingerprint density at radius 1 is 1.15 bits per heavy atom. The second-order valence-corrected chi connectivity index (χ2v) is 5.42. The van der Waals surface area contributed by atoms with E-state index in [0.717, 1.165) is 10.1 Å². The van der Waals surface area contributed by atoms with Crippen molar-refractivity contribution in [3.63, 3.8) is 0 Å². The quantitative estimate of drug-likeness (QED) is 0.702. The van der Waals surface area contributed by atoms with Crippen molar-refractivity contribution in [3.05, 3.63) is 59.2 Å². The Morgan fingerprint density at radius 3 is 2.70 bits per heavy atom. The highest BCUT2D eigenvalue weighted by Crippen LogP contribution is 2.26. The first-order valence-corrected chi connectivity index (χ1v) is 6.80. The number of halogens is 1. The van der Waals surface area contributed by atoms with Gasteiger partial charge in [-0.2, -0.15) is 0 Å². The maximum atomic E-state index is 13.3. The summed E-state index contributed by atoms with van der Waals surface area (Å²) in [5.41, 5.74) is 5.84. The van der Waals surface area contributed by atoms with Crippen molar-refractivity contribution in [2.24, 2.45) is 0 Å². The molecule has 100 valence electrons. The Balaban J connectivity index is 1.86. The molecule has 0 fully saturated rings. The van der Waals surface area contributed by atoms with Gasteiger partial charge in [0.1, 0.15) is 5.82 Å². The van der Waals surface area contributed by atoms with E-state index in [4.69, 9.17) is 5.73 Å². The van der Waals surface area contributed by atoms with Gasteiger partial charge in [0.25, 0.3) is 5.91 Å². The standard InChI is InChI=1S/C15H11FN2OS/c16-11-8-10(5-6-12(11)17)18-15(19)14-7-9-3-1-2-4-13(9)20-14/h1-8H,17H2,(H,18,19). The van der Waals surface area contributed by atoms with Crippen LogP contribution >= 0.6 is 11.3 Å². The molecule has 0 bridgehead atoms. The lowest BCUT2D eigenvalue weighted by atomic mass is 10.2. The van der Waals surface area contributed by atoms with Crippen molar-refractivity contribution < 1.29 is 9.18 Å². The van der Waals surface area contributed by atoms with E-state index >= 15 is 0 Å². The van der Waals surface area contributed by atoms with Gasteiger partial charge in [0.15, 0.2) is 0 Å². The normalized spacial score (nSPS) is 10.7. The first kappa shape index (κ1) is 12.6. The molecule has 5 heteroatoms. The van der Waals surface area contributed by atoms with Crippen molar-refractivity contribution in [1.82, 2.24) is 0 Å². The fourth-order valence-corrected chi connectivity index (χ4v) is 2.85. The van der Waals surface area contributed by atoms with Crippen LogP contribution in [0.1, 0.15) is 9.67 Å². The van der Waals surface area contributed by atoms with Crippen LogP contribution in [0.4, 0.5) is 15.8 Å². The van der Waals surface area contributed by atoms with Crippen LogP contribution in [0, 0.1) is 5.82 Å². The average Bonchev–Trinajstić information content (AvgIpc) is 2.87. The predicted octanol–water partition coefficient (Wildman–Crippen LogP) is 3.87. The Kier molecular flexibility index (Phi) is 3.12. The highest BCUT2D eigenvalue weighted by Gasteiger charge is 2.11. The van der Waals surface area contributed by atoms with Crippen molar-refractivity contribution in [1.29, 1.82) is 0 Å². The molecule has 0 unspecified atom stereocenters. The molecule has 1 heterocycles. The number of fused-ring (bicyclic) bond motifs is 1. The van der Waals surface area contributed by atoms with E-state index in [-0.39, 0.29) is 11.6 Å². The molecule has 20 heavy (non-hydrogen) atoms. The zero-order valence-corrected chi connectivity index (χ0v) is 11.2. The first-order chi connectivity index (χ1) is 9.63. The minimum atomic E-state index is -0.542. The lowest BCUT2D eigenvalue weighted by Crippen LogP contribution is -2.10. The summed E-state index contributed by atoms with van der Waals surface area (Å²) in [6.45, 7) is 0. The van der Waals surface area contributed by atoms with Gasteiger partial charge >= 0.3 is 0 Å². The predicted molar refractivity (Wildman–Crippen MR) is 80.6 cm³/mol. The van der Waals surface area contributed by atoms with Gasteiger partial charge in [0.05, 0.1) is 10.6 Å². The van der Waals surface area contributed by atoms with Crippen LogP contribution in [0.2, 0.25) is 0 Å². The summed E-state index contributed by atoms with van der Waals surface area (Å²) < 4.78 is 14.4. The zero-order valence-electron chi connectivity index (χ0n) is 10.4. The number of carbonyl (C=O) groups excluding carboxylic acids is 1. The molecule has 2 aromatic carbocycles. The Bertz CT molecular complexity index is 764. The minimum Gasteiger partial charge on any atom is -0.396 e. The Hall–Kier alpha value is -2.40. The van der Waals surface area contributed by atoms with Crippen molar-refractivity contribution in [3.8, 4) is 0 Å². The second kappa shape index (κ2) is 4.94. The summed E-state index contributed by atoms with van der Waals surface area (Å²) in [6, 6.07) is 13.8. The second-order valence-electron chi connectivity index (χ2n) is 4.34. The highest BCUT2D eigenvalue weighted by molar-refractivity contribution is 7.20. The molecular weight excluding hydrogens is 275 g/mol. The van der Waals surface area contributed by atoms with Gasteiger partial charge in [-0.15, -0.1) is 11.3 Å². The van der Waals surface area contributed by atoms with Gasteiger partial charge < -0.3 is 11.1 Å². The van der Waals surface area contributed by atoms with Gasteiger partial charge in [0, 0.05) is 10.4 Å². The molecule has 3 nitrogen and oxygen atoms in total. The summed E-state index contributed by atoms with van der Waals surface area (Å²) in [5.74, 6) is -0.797. The summed E-state index contributed by atoms with van der Waals surface area (Å²) in [5, 5.41) is 3.68. The van der Waals surface area contributed by atoms with Crippen LogP contribution in [0.25, 0.3) is 10.1 Å². The van der Waals surface area contributed by atoms with E-state index in [9.17, 15) is 9.18 Å². The smallest absolute Gasteiger partial charge is 0.265 e. The molecule has 0 spiro atoms. The van der Waals surface area contributed by atoms with Crippen molar-refractivity contribution in [2.45, 2.75) is 0 Å². The molecule has 0 saturated heterocycles. The Labute approximate surface area is 118 Å². The first-order valence-electron chi connectivity index (χ1n) is 5.98. The maximum absolute atomic E-state index is 13.3. The molecule has 0 atom stereocenters. The van der Waals surface area contributed by atoms with Gasteiger partial charge in [0.2, 0.25) is 0 Å². The van der Waals surface area contributed by atoms with E-state index in [2.05, 4.69) is 5.32 Å². The molecule has 3 N–H and O–H groups in total. The van der Waals surface area contributed by atoms with E-state index in [1.807, 2.05) is 30.3 Å². The molecule has 3 rings (SSSR count). The van der Waals surface area contributed by atoms with Crippen molar-refractivity contribution in [2.75, 3.05) is 11.1 Å². The number of nitrogen functional groups attached to an aromatic ring is 1. The Morgan fingerprint density at radius 2 is 1.95 bits per heavy atom. The molecule has 3 aromatic rings. The zero-order chi connectivity index (χ0) is 14.1. The molecule has 0 aliphatic heterocycles. The van der Waals surface area contributed by atoms with Crippen molar-refractivity contribution >= 4 is 38.7 Å². The van der Waals surface area contributed by atoms with Crippen LogP contribution in [-0.2, 0) is 0 Å². The lowest BCUT2D eigenvalue weighted by Gasteiger charge is -2.04. The van der Waals surface area contributed by atoms with E-state index in [1.165, 1.54) is 23.5 Å². The molecule has 0 saturated carbocycles. The van der Waals surface area contributed by atoms with Gasteiger partial charge in [-0.3, -0.25) is 4.79 Å². The van der Waals surface area contributed by atoms with E-state index < -0.39 is 5.82 Å². The van der Waals surface area contributed by atoms with Gasteiger partial charge in [-0.05, 0) is 35.7 Å². The number of nitrogens with one attached hydrogen (secondary N) is 1. The van der Waals surface area contributed by atoms with Crippen LogP contribution in [0.15, 0.2) is 48.5 Å². The third kappa shape index (κ3) is 2.35. The van der Waals surface area contributed by atoms with E-state index in [1.54, 1.807) is 6.07 Å². The van der Waals surface area contributed by atoms with Crippen LogP contribution in [0.5, 0.6) is 0 Å². The molecule has 1 amide bonds. The largest absolute Gasteiger partial charge is 0.396 e. The molecule has 0 radical (unpaired) electrons. The molecule has 0 aliphatic rings. The topological polar surface area (TPSA) is 55.1 Å². The number of benzene rings is 2. The average molecular weight is 286 g/mol.